The van der Waals surface area contributed by atoms with Gasteiger partial charge >= 0.3 is 11.8 Å². The topological polar surface area (TPSA) is 70.2 Å². The fraction of sp³-hybridized carbons (Fsp3) is 0.500. The molecule has 0 aliphatic carbocycles. The molecule has 1 aromatic carbocycles. The van der Waals surface area contributed by atoms with E-state index in [1.807, 2.05) is 0 Å². The molecule has 3 rings (SSSR count). The summed E-state index contributed by atoms with van der Waals surface area (Å²) in [7, 11) is 0. The first kappa shape index (κ1) is 19.6. The van der Waals surface area contributed by atoms with Crippen LogP contribution in [0.5, 0.6) is 0 Å². The fourth-order valence-electron chi connectivity index (χ4n) is 2.96. The van der Waals surface area contributed by atoms with Gasteiger partial charge < -0.3 is 19.4 Å². The summed E-state index contributed by atoms with van der Waals surface area (Å²) in [6.07, 6.45) is 0. The van der Waals surface area contributed by atoms with Gasteiger partial charge in [0.2, 0.25) is 5.91 Å². The van der Waals surface area contributed by atoms with Gasteiger partial charge in [0.05, 0.1) is 19.0 Å². The number of halogens is 1. The minimum absolute atomic E-state index is 0.0315. The molecule has 0 spiro atoms. The zero-order valence-electron chi connectivity index (χ0n) is 14.9. The van der Waals surface area contributed by atoms with Gasteiger partial charge in [0.25, 0.3) is 0 Å². The lowest BCUT2D eigenvalue weighted by Gasteiger charge is -2.35. The molecule has 0 aromatic heterocycles. The van der Waals surface area contributed by atoms with E-state index in [9.17, 15) is 18.8 Å². The number of morpholine rings is 1. The van der Waals surface area contributed by atoms with Crippen LogP contribution in [0.2, 0.25) is 0 Å². The first-order valence-electron chi connectivity index (χ1n) is 8.86. The van der Waals surface area contributed by atoms with E-state index in [1.165, 1.54) is 33.7 Å². The average Bonchev–Trinajstić information content (AvgIpc) is 2.73. The second-order valence-electron chi connectivity index (χ2n) is 6.32. The molecule has 1 aromatic rings. The molecule has 27 heavy (non-hydrogen) atoms. The molecule has 2 aliphatic rings. The lowest BCUT2D eigenvalue weighted by Crippen LogP contribution is -2.55. The van der Waals surface area contributed by atoms with E-state index in [0.29, 0.717) is 52.5 Å². The summed E-state index contributed by atoms with van der Waals surface area (Å²) in [5.74, 6) is -1.09. The van der Waals surface area contributed by atoms with Gasteiger partial charge in [0.15, 0.2) is 0 Å². The van der Waals surface area contributed by atoms with Gasteiger partial charge in [-0.05, 0) is 24.3 Å². The molecule has 0 unspecified atom stereocenters. The first-order chi connectivity index (χ1) is 13.0. The highest BCUT2D eigenvalue weighted by atomic mass is 32.2. The molecule has 0 N–H and O–H groups in total. The van der Waals surface area contributed by atoms with Crippen molar-refractivity contribution in [2.75, 3.05) is 58.2 Å². The Hall–Kier alpha value is -2.13. The van der Waals surface area contributed by atoms with E-state index in [0.717, 1.165) is 4.90 Å². The third-order valence-corrected chi connectivity index (χ3v) is 5.57. The summed E-state index contributed by atoms with van der Waals surface area (Å²) in [6.45, 7) is 3.28. The van der Waals surface area contributed by atoms with Gasteiger partial charge in [0, 0.05) is 44.2 Å². The van der Waals surface area contributed by atoms with Gasteiger partial charge in [-0.25, -0.2) is 4.39 Å². The zero-order chi connectivity index (χ0) is 19.2. The number of carbonyl (C=O) groups excluding carboxylic acids is 3. The quantitative estimate of drug-likeness (QED) is 0.549. The molecular weight excluding hydrogens is 373 g/mol. The van der Waals surface area contributed by atoms with Gasteiger partial charge in [-0.15, -0.1) is 11.8 Å². The lowest BCUT2D eigenvalue weighted by atomic mass is 10.3. The maximum atomic E-state index is 12.9. The van der Waals surface area contributed by atoms with Crippen LogP contribution in [0.4, 0.5) is 4.39 Å². The molecule has 3 amide bonds. The Balaban J connectivity index is 1.43. The van der Waals surface area contributed by atoms with Crippen molar-refractivity contribution < 1.29 is 23.5 Å². The second kappa shape index (κ2) is 9.18. The molecule has 7 nitrogen and oxygen atoms in total. The summed E-state index contributed by atoms with van der Waals surface area (Å²) in [5, 5.41) is 0. The first-order valence-corrected chi connectivity index (χ1v) is 9.85. The normalized spacial score (nSPS) is 17.7. The molecular formula is C18H22FN3O4S. The van der Waals surface area contributed by atoms with E-state index >= 15 is 0 Å². The molecule has 0 bridgehead atoms. The van der Waals surface area contributed by atoms with Gasteiger partial charge in [-0.3, -0.25) is 14.4 Å². The monoisotopic (exact) mass is 395 g/mol. The Morgan fingerprint density at radius 2 is 1.37 bits per heavy atom. The Kier molecular flexibility index (Phi) is 6.68. The molecule has 2 aliphatic heterocycles. The summed E-state index contributed by atoms with van der Waals surface area (Å²) in [4.78, 5) is 42.5. The van der Waals surface area contributed by atoms with Crippen molar-refractivity contribution in [3.63, 3.8) is 0 Å². The SMILES string of the molecule is O=C(CSc1ccc(F)cc1)N1CCN(C(=O)C(=O)N2CCOCC2)CC1. The molecule has 9 heteroatoms. The number of carbonyl (C=O) groups is 3. The maximum Gasteiger partial charge on any atom is 0.312 e. The summed E-state index contributed by atoms with van der Waals surface area (Å²) < 4.78 is 18.1. The smallest absolute Gasteiger partial charge is 0.312 e. The van der Waals surface area contributed by atoms with E-state index in [2.05, 4.69) is 0 Å². The molecule has 146 valence electrons. The third kappa shape index (κ3) is 5.20. The predicted octanol–water partition coefficient (Wildman–Crippen LogP) is 0.447. The van der Waals surface area contributed by atoms with Gasteiger partial charge in [-0.1, -0.05) is 0 Å². The molecule has 2 saturated heterocycles. The zero-order valence-corrected chi connectivity index (χ0v) is 15.8. The van der Waals surface area contributed by atoms with E-state index in [-0.39, 0.29) is 17.5 Å². The highest BCUT2D eigenvalue weighted by molar-refractivity contribution is 8.00. The Morgan fingerprint density at radius 1 is 0.852 bits per heavy atom. The van der Waals surface area contributed by atoms with E-state index < -0.39 is 11.8 Å². The Morgan fingerprint density at radius 3 is 1.96 bits per heavy atom. The number of thioether (sulfide) groups is 1. The number of hydrogen-bond donors (Lipinski definition) is 0. The Bertz CT molecular complexity index is 686. The van der Waals surface area contributed by atoms with Gasteiger partial charge in [-0.2, -0.15) is 0 Å². The fourth-order valence-corrected chi connectivity index (χ4v) is 3.76. The highest BCUT2D eigenvalue weighted by Gasteiger charge is 2.31. The van der Waals surface area contributed by atoms with Crippen molar-refractivity contribution >= 4 is 29.5 Å². The number of piperazine rings is 1. The summed E-state index contributed by atoms with van der Waals surface area (Å²) in [5.41, 5.74) is 0. The number of amides is 3. The van der Waals surface area contributed by atoms with Crippen molar-refractivity contribution in [3.05, 3.63) is 30.1 Å². The van der Waals surface area contributed by atoms with Crippen LogP contribution < -0.4 is 0 Å². The lowest BCUT2D eigenvalue weighted by molar-refractivity contribution is -0.155. The largest absolute Gasteiger partial charge is 0.378 e. The van der Waals surface area contributed by atoms with Crippen LogP contribution in [0.15, 0.2) is 29.2 Å². The van der Waals surface area contributed by atoms with Crippen LogP contribution in [0.1, 0.15) is 0 Å². The average molecular weight is 395 g/mol. The van der Waals surface area contributed by atoms with Crippen molar-refractivity contribution in [1.29, 1.82) is 0 Å². The number of rotatable bonds is 3. The number of ether oxygens (including phenoxy) is 1. The minimum Gasteiger partial charge on any atom is -0.378 e. The minimum atomic E-state index is -0.510. The van der Waals surface area contributed by atoms with E-state index in [4.69, 9.17) is 4.74 Å². The van der Waals surface area contributed by atoms with Crippen LogP contribution in [0.25, 0.3) is 0 Å². The molecule has 2 heterocycles. The van der Waals surface area contributed by atoms with Crippen molar-refractivity contribution in [2.24, 2.45) is 0 Å². The van der Waals surface area contributed by atoms with Crippen LogP contribution in [-0.2, 0) is 19.1 Å². The third-order valence-electron chi connectivity index (χ3n) is 4.58. The number of nitrogens with zero attached hydrogens (tertiary/aromatic N) is 3. The van der Waals surface area contributed by atoms with Crippen LogP contribution in [-0.4, -0.2) is 90.7 Å². The molecule has 0 radical (unpaired) electrons. The predicted molar refractivity (Wildman–Crippen MR) is 97.7 cm³/mol. The number of hydrogen-bond acceptors (Lipinski definition) is 5. The molecule has 0 saturated carbocycles. The summed E-state index contributed by atoms with van der Waals surface area (Å²) in [6, 6.07) is 6.01. The van der Waals surface area contributed by atoms with Crippen LogP contribution in [0, 0.1) is 5.82 Å². The number of benzene rings is 1. The second-order valence-corrected chi connectivity index (χ2v) is 7.37. The highest BCUT2D eigenvalue weighted by Crippen LogP contribution is 2.19. The van der Waals surface area contributed by atoms with Crippen LogP contribution in [0.3, 0.4) is 0 Å². The van der Waals surface area contributed by atoms with Crippen LogP contribution >= 0.6 is 11.8 Å². The van der Waals surface area contributed by atoms with Crippen molar-refractivity contribution in [1.82, 2.24) is 14.7 Å². The summed E-state index contributed by atoms with van der Waals surface area (Å²) >= 11 is 1.35. The molecule has 2 fully saturated rings. The standard InChI is InChI=1S/C18H22FN3O4S/c19-14-1-3-15(4-2-14)27-13-16(23)20-5-7-21(8-6-20)17(24)18(25)22-9-11-26-12-10-22/h1-4H,5-13H2. The van der Waals surface area contributed by atoms with Gasteiger partial charge in [0.1, 0.15) is 5.82 Å². The maximum absolute atomic E-state index is 12.9. The molecule has 0 atom stereocenters. The Labute approximate surface area is 161 Å². The van der Waals surface area contributed by atoms with Crippen molar-refractivity contribution in [3.8, 4) is 0 Å². The van der Waals surface area contributed by atoms with E-state index in [1.54, 1.807) is 17.0 Å². The van der Waals surface area contributed by atoms with Crippen molar-refractivity contribution in [2.45, 2.75) is 4.90 Å².